The third-order valence-corrected chi connectivity index (χ3v) is 4.63. The normalized spacial score (nSPS) is 10.6. The maximum Gasteiger partial charge on any atom is 0.146 e. The summed E-state index contributed by atoms with van der Waals surface area (Å²) in [6.07, 6.45) is 2.62. The summed E-state index contributed by atoms with van der Waals surface area (Å²) >= 11 is 8.41. The van der Waals surface area contributed by atoms with E-state index in [0.29, 0.717) is 11.6 Å². The van der Waals surface area contributed by atoms with Gasteiger partial charge in [0.2, 0.25) is 0 Å². The second-order valence-electron chi connectivity index (χ2n) is 4.47. The Morgan fingerprint density at radius 3 is 2.80 bits per heavy atom. The van der Waals surface area contributed by atoms with Gasteiger partial charge in [-0.25, -0.2) is 9.97 Å². The highest BCUT2D eigenvalue weighted by molar-refractivity contribution is 14.1. The zero-order valence-corrected chi connectivity index (χ0v) is 14.4. The average molecular weight is 403 g/mol. The summed E-state index contributed by atoms with van der Waals surface area (Å²) in [5, 5.41) is 0.543. The second kappa shape index (κ2) is 7.22. The highest BCUT2D eigenvalue weighted by atomic mass is 127. The number of rotatable bonds is 5. The number of ether oxygens (including phenoxy) is 1. The van der Waals surface area contributed by atoms with Crippen LogP contribution in [0, 0.1) is 3.57 Å². The molecule has 0 atom stereocenters. The van der Waals surface area contributed by atoms with E-state index in [0.717, 1.165) is 39.2 Å². The van der Waals surface area contributed by atoms with Crippen molar-refractivity contribution in [3.8, 4) is 5.75 Å². The molecule has 0 radical (unpaired) electrons. The van der Waals surface area contributed by atoms with E-state index in [4.69, 9.17) is 16.3 Å². The van der Waals surface area contributed by atoms with E-state index in [1.165, 1.54) is 0 Å². The summed E-state index contributed by atoms with van der Waals surface area (Å²) < 4.78 is 6.19. The van der Waals surface area contributed by atoms with Gasteiger partial charge in [-0.1, -0.05) is 37.1 Å². The van der Waals surface area contributed by atoms with Crippen molar-refractivity contribution in [2.45, 2.75) is 26.2 Å². The van der Waals surface area contributed by atoms with Gasteiger partial charge in [-0.05, 0) is 46.7 Å². The number of methoxy groups -OCH3 is 1. The highest BCUT2D eigenvalue weighted by Gasteiger charge is 2.10. The Balaban J connectivity index is 2.28. The van der Waals surface area contributed by atoms with Gasteiger partial charge in [0, 0.05) is 6.42 Å². The van der Waals surface area contributed by atoms with Crippen molar-refractivity contribution in [1.29, 1.82) is 0 Å². The molecule has 106 valence electrons. The molecule has 1 aromatic carbocycles. The monoisotopic (exact) mass is 402 g/mol. The number of nitrogens with zero attached hydrogens (tertiary/aromatic N) is 2. The van der Waals surface area contributed by atoms with Crippen LogP contribution in [-0.2, 0) is 12.8 Å². The first kappa shape index (κ1) is 15.5. The van der Waals surface area contributed by atoms with Crippen molar-refractivity contribution in [1.82, 2.24) is 9.97 Å². The summed E-state index contributed by atoms with van der Waals surface area (Å²) in [4.78, 5) is 9.00. The fourth-order valence-electron chi connectivity index (χ4n) is 1.96. The molecule has 0 aliphatic carbocycles. The lowest BCUT2D eigenvalue weighted by atomic mass is 10.1. The molecular weight excluding hydrogens is 387 g/mol. The number of hydrogen-bond acceptors (Lipinski definition) is 3. The molecule has 2 rings (SSSR count). The van der Waals surface area contributed by atoms with Gasteiger partial charge in [0.25, 0.3) is 0 Å². The lowest BCUT2D eigenvalue weighted by molar-refractivity contribution is 0.414. The van der Waals surface area contributed by atoms with E-state index < -0.39 is 0 Å². The molecule has 0 unspecified atom stereocenters. The largest absolute Gasteiger partial charge is 0.497 e. The molecule has 1 aromatic heterocycles. The van der Waals surface area contributed by atoms with Crippen LogP contribution in [0.15, 0.2) is 24.3 Å². The van der Waals surface area contributed by atoms with E-state index in [1.807, 2.05) is 24.3 Å². The van der Waals surface area contributed by atoms with E-state index in [-0.39, 0.29) is 0 Å². The molecule has 0 amide bonds. The summed E-state index contributed by atoms with van der Waals surface area (Å²) in [5.74, 6) is 1.60. The van der Waals surface area contributed by atoms with Crippen LogP contribution in [0.5, 0.6) is 5.75 Å². The predicted molar refractivity (Wildman–Crippen MR) is 89.6 cm³/mol. The second-order valence-corrected chi connectivity index (χ2v) is 5.91. The van der Waals surface area contributed by atoms with Crippen molar-refractivity contribution in [2.24, 2.45) is 0 Å². The molecule has 0 aliphatic rings. The minimum absolute atomic E-state index is 0.543. The Labute approximate surface area is 137 Å². The van der Waals surface area contributed by atoms with Gasteiger partial charge < -0.3 is 4.74 Å². The first-order valence-corrected chi connectivity index (χ1v) is 7.93. The molecule has 0 bridgehead atoms. The molecule has 1 heterocycles. The molecule has 0 N–H and O–H groups in total. The molecule has 0 fully saturated rings. The third kappa shape index (κ3) is 3.82. The smallest absolute Gasteiger partial charge is 0.146 e. The van der Waals surface area contributed by atoms with Crippen molar-refractivity contribution in [3.05, 3.63) is 50.1 Å². The van der Waals surface area contributed by atoms with Crippen LogP contribution >= 0.6 is 34.2 Å². The fraction of sp³-hybridized carbons (Fsp3) is 0.333. The first-order valence-electron chi connectivity index (χ1n) is 6.47. The van der Waals surface area contributed by atoms with Gasteiger partial charge in [-0.15, -0.1) is 0 Å². The van der Waals surface area contributed by atoms with Crippen LogP contribution in [0.3, 0.4) is 0 Å². The Hall–Kier alpha value is -0.880. The molecule has 0 aliphatic heterocycles. The van der Waals surface area contributed by atoms with E-state index in [9.17, 15) is 0 Å². The number of hydrogen-bond donors (Lipinski definition) is 0. The van der Waals surface area contributed by atoms with Gasteiger partial charge in [0.1, 0.15) is 16.7 Å². The molecule has 3 nitrogen and oxygen atoms in total. The number of halogens is 2. The van der Waals surface area contributed by atoms with Gasteiger partial charge in [-0.2, -0.15) is 0 Å². The van der Waals surface area contributed by atoms with Crippen molar-refractivity contribution >= 4 is 34.2 Å². The Morgan fingerprint density at radius 1 is 1.30 bits per heavy atom. The summed E-state index contributed by atoms with van der Waals surface area (Å²) in [6, 6.07) is 7.93. The quantitative estimate of drug-likeness (QED) is 0.553. The van der Waals surface area contributed by atoms with Crippen LogP contribution in [0.4, 0.5) is 0 Å². The van der Waals surface area contributed by atoms with Crippen LogP contribution in [0.2, 0.25) is 5.15 Å². The van der Waals surface area contributed by atoms with E-state index in [1.54, 1.807) is 7.11 Å². The molecule has 0 saturated heterocycles. The molecule has 0 spiro atoms. The maximum atomic E-state index is 6.20. The van der Waals surface area contributed by atoms with Gasteiger partial charge >= 0.3 is 0 Å². The summed E-state index contributed by atoms with van der Waals surface area (Å²) in [6.45, 7) is 2.13. The van der Waals surface area contributed by atoms with Gasteiger partial charge in [0.15, 0.2) is 0 Å². The average Bonchev–Trinajstić information content (AvgIpc) is 2.44. The number of aryl methyl sites for hydroxylation is 1. The topological polar surface area (TPSA) is 35.0 Å². The number of aromatic nitrogens is 2. The van der Waals surface area contributed by atoms with Crippen LogP contribution in [0.1, 0.15) is 30.4 Å². The lowest BCUT2D eigenvalue weighted by Crippen LogP contribution is -2.04. The fourth-order valence-corrected chi connectivity index (χ4v) is 2.68. The van der Waals surface area contributed by atoms with Gasteiger partial charge in [0.05, 0.1) is 16.4 Å². The van der Waals surface area contributed by atoms with Crippen molar-refractivity contribution in [2.75, 3.05) is 7.11 Å². The number of benzene rings is 1. The Kier molecular flexibility index (Phi) is 5.60. The van der Waals surface area contributed by atoms with E-state index in [2.05, 4.69) is 39.5 Å². The molecule has 2 aromatic rings. The van der Waals surface area contributed by atoms with E-state index >= 15 is 0 Å². The lowest BCUT2D eigenvalue weighted by Gasteiger charge is -2.08. The summed E-state index contributed by atoms with van der Waals surface area (Å²) in [7, 11) is 1.66. The zero-order chi connectivity index (χ0) is 14.5. The Bertz CT molecular complexity index is 604. The first-order chi connectivity index (χ1) is 9.63. The molecular formula is C15H16ClIN2O. The van der Waals surface area contributed by atoms with Crippen molar-refractivity contribution in [3.63, 3.8) is 0 Å². The Morgan fingerprint density at radius 2 is 2.10 bits per heavy atom. The van der Waals surface area contributed by atoms with Crippen LogP contribution in [0.25, 0.3) is 0 Å². The minimum atomic E-state index is 0.543. The van der Waals surface area contributed by atoms with Crippen LogP contribution in [-0.4, -0.2) is 17.1 Å². The van der Waals surface area contributed by atoms with Crippen LogP contribution < -0.4 is 4.74 Å². The SMILES string of the molecule is CCCc1nc(Cc2cccc(OC)c2)nc(Cl)c1I. The highest BCUT2D eigenvalue weighted by Crippen LogP contribution is 2.22. The summed E-state index contributed by atoms with van der Waals surface area (Å²) in [5.41, 5.74) is 2.15. The zero-order valence-electron chi connectivity index (χ0n) is 11.5. The maximum absolute atomic E-state index is 6.20. The minimum Gasteiger partial charge on any atom is -0.497 e. The molecule has 5 heteroatoms. The predicted octanol–water partition coefficient (Wildman–Crippen LogP) is 4.29. The van der Waals surface area contributed by atoms with Crippen molar-refractivity contribution < 1.29 is 4.74 Å². The third-order valence-electron chi connectivity index (χ3n) is 2.91. The molecule has 0 saturated carbocycles. The van der Waals surface area contributed by atoms with Gasteiger partial charge in [-0.3, -0.25) is 0 Å². The molecule has 20 heavy (non-hydrogen) atoms. The standard InChI is InChI=1S/C15H16ClIN2O/c1-3-5-12-14(17)15(16)19-13(18-12)9-10-6-4-7-11(8-10)20-2/h4,6-8H,3,5,9H2,1-2H3.